The van der Waals surface area contributed by atoms with Crippen LogP contribution >= 0.6 is 0 Å². The van der Waals surface area contributed by atoms with Crippen molar-refractivity contribution in [2.45, 2.75) is 45.2 Å². The molecule has 0 amide bonds. The summed E-state index contributed by atoms with van der Waals surface area (Å²) in [6.45, 7) is 6.90. The molecule has 1 fully saturated rings. The highest BCUT2D eigenvalue weighted by Crippen LogP contribution is 2.27. The van der Waals surface area contributed by atoms with E-state index in [1.807, 2.05) is 0 Å². The summed E-state index contributed by atoms with van der Waals surface area (Å²) >= 11 is 0. The SMILES string of the molecule is CC(C)(C)NC1CC(CO)C1. The van der Waals surface area contributed by atoms with E-state index in [9.17, 15) is 0 Å². The minimum absolute atomic E-state index is 0.227. The number of nitrogens with one attached hydrogen (secondary N) is 1. The third-order valence-electron chi connectivity index (χ3n) is 2.13. The Balaban J connectivity index is 2.14. The fourth-order valence-electron chi connectivity index (χ4n) is 1.61. The third kappa shape index (κ3) is 2.80. The molecule has 0 aromatic carbocycles. The molecule has 2 nitrogen and oxygen atoms in total. The van der Waals surface area contributed by atoms with Crippen LogP contribution in [0.3, 0.4) is 0 Å². The summed E-state index contributed by atoms with van der Waals surface area (Å²) in [7, 11) is 0. The van der Waals surface area contributed by atoms with Gasteiger partial charge in [-0.05, 0) is 39.5 Å². The Kier molecular flexibility index (Phi) is 2.55. The Morgan fingerprint density at radius 2 is 1.91 bits per heavy atom. The molecule has 0 unspecified atom stereocenters. The summed E-state index contributed by atoms with van der Waals surface area (Å²) in [5.74, 6) is 0.565. The molecule has 0 atom stereocenters. The Morgan fingerprint density at radius 3 is 2.27 bits per heavy atom. The molecule has 2 heteroatoms. The highest BCUT2D eigenvalue weighted by Gasteiger charge is 2.30. The Labute approximate surface area is 69.0 Å². The summed E-state index contributed by atoms with van der Waals surface area (Å²) in [4.78, 5) is 0. The van der Waals surface area contributed by atoms with Crippen LogP contribution in [0.1, 0.15) is 33.6 Å². The average molecular weight is 157 g/mol. The maximum absolute atomic E-state index is 8.77. The van der Waals surface area contributed by atoms with E-state index in [0.29, 0.717) is 18.6 Å². The molecule has 1 rings (SSSR count). The Bertz CT molecular complexity index is 122. The van der Waals surface area contributed by atoms with Gasteiger partial charge in [0, 0.05) is 18.2 Å². The molecule has 0 aromatic rings. The molecule has 11 heavy (non-hydrogen) atoms. The number of hydrogen-bond acceptors (Lipinski definition) is 2. The predicted molar refractivity (Wildman–Crippen MR) is 46.5 cm³/mol. The first-order valence-electron chi connectivity index (χ1n) is 4.40. The van der Waals surface area contributed by atoms with Crippen LogP contribution in [-0.4, -0.2) is 23.3 Å². The average Bonchev–Trinajstić information content (AvgIpc) is 1.75. The Morgan fingerprint density at radius 1 is 1.36 bits per heavy atom. The van der Waals surface area contributed by atoms with E-state index in [-0.39, 0.29) is 5.54 Å². The van der Waals surface area contributed by atoms with Gasteiger partial charge in [0.25, 0.3) is 0 Å². The normalized spacial score (nSPS) is 31.6. The molecule has 1 saturated carbocycles. The van der Waals surface area contributed by atoms with Gasteiger partial charge in [0.2, 0.25) is 0 Å². The second-order valence-electron chi connectivity index (χ2n) is 4.61. The van der Waals surface area contributed by atoms with E-state index >= 15 is 0 Å². The van der Waals surface area contributed by atoms with E-state index in [2.05, 4.69) is 26.1 Å². The largest absolute Gasteiger partial charge is 0.396 e. The molecule has 1 aliphatic rings. The minimum Gasteiger partial charge on any atom is -0.396 e. The van der Waals surface area contributed by atoms with Crippen molar-refractivity contribution >= 4 is 0 Å². The van der Waals surface area contributed by atoms with Gasteiger partial charge in [0.05, 0.1) is 0 Å². The molecule has 0 spiro atoms. The number of aliphatic hydroxyl groups excluding tert-OH is 1. The van der Waals surface area contributed by atoms with Crippen LogP contribution in [0.15, 0.2) is 0 Å². The van der Waals surface area contributed by atoms with Gasteiger partial charge in [0.15, 0.2) is 0 Å². The first-order chi connectivity index (χ1) is 5.01. The van der Waals surface area contributed by atoms with Gasteiger partial charge < -0.3 is 10.4 Å². The summed E-state index contributed by atoms with van der Waals surface area (Å²) in [6, 6.07) is 0.646. The van der Waals surface area contributed by atoms with Crippen molar-refractivity contribution in [3.63, 3.8) is 0 Å². The van der Waals surface area contributed by atoms with Crippen molar-refractivity contribution in [3.05, 3.63) is 0 Å². The maximum Gasteiger partial charge on any atom is 0.0460 e. The third-order valence-corrected chi connectivity index (χ3v) is 2.13. The van der Waals surface area contributed by atoms with Gasteiger partial charge in [-0.15, -0.1) is 0 Å². The zero-order valence-electron chi connectivity index (χ0n) is 7.72. The van der Waals surface area contributed by atoms with E-state index in [4.69, 9.17) is 5.11 Å². The lowest BCUT2D eigenvalue weighted by molar-refractivity contribution is 0.112. The molecule has 0 aromatic heterocycles. The smallest absolute Gasteiger partial charge is 0.0460 e. The molecule has 0 aliphatic heterocycles. The van der Waals surface area contributed by atoms with Crippen molar-refractivity contribution in [2.75, 3.05) is 6.61 Å². The molecule has 2 N–H and O–H groups in total. The first kappa shape index (κ1) is 9.01. The number of aliphatic hydroxyl groups is 1. The van der Waals surface area contributed by atoms with Crippen LogP contribution in [0.4, 0.5) is 0 Å². The summed E-state index contributed by atoms with van der Waals surface area (Å²) in [5.41, 5.74) is 0.227. The maximum atomic E-state index is 8.77. The van der Waals surface area contributed by atoms with Crippen molar-refractivity contribution in [1.29, 1.82) is 0 Å². The van der Waals surface area contributed by atoms with Gasteiger partial charge in [-0.3, -0.25) is 0 Å². The van der Waals surface area contributed by atoms with Crippen LogP contribution in [0.5, 0.6) is 0 Å². The topological polar surface area (TPSA) is 32.3 Å². The second kappa shape index (κ2) is 3.11. The molecule has 1 aliphatic carbocycles. The fourth-order valence-corrected chi connectivity index (χ4v) is 1.61. The van der Waals surface area contributed by atoms with Crippen LogP contribution in [0.2, 0.25) is 0 Å². The van der Waals surface area contributed by atoms with Crippen molar-refractivity contribution in [3.8, 4) is 0 Å². The first-order valence-corrected chi connectivity index (χ1v) is 4.40. The van der Waals surface area contributed by atoms with Crippen molar-refractivity contribution in [2.24, 2.45) is 5.92 Å². The lowest BCUT2D eigenvalue weighted by Gasteiger charge is -2.39. The molecular formula is C9H19NO. The van der Waals surface area contributed by atoms with E-state index in [0.717, 1.165) is 12.8 Å². The summed E-state index contributed by atoms with van der Waals surface area (Å²) < 4.78 is 0. The van der Waals surface area contributed by atoms with Gasteiger partial charge in [-0.25, -0.2) is 0 Å². The lowest BCUT2D eigenvalue weighted by Crippen LogP contribution is -2.50. The zero-order valence-corrected chi connectivity index (χ0v) is 7.72. The van der Waals surface area contributed by atoms with Gasteiger partial charge in [-0.2, -0.15) is 0 Å². The highest BCUT2D eigenvalue weighted by atomic mass is 16.3. The zero-order chi connectivity index (χ0) is 8.48. The van der Waals surface area contributed by atoms with E-state index in [1.165, 1.54) is 0 Å². The van der Waals surface area contributed by atoms with Crippen molar-refractivity contribution in [1.82, 2.24) is 5.32 Å². The van der Waals surface area contributed by atoms with E-state index in [1.54, 1.807) is 0 Å². The van der Waals surface area contributed by atoms with Gasteiger partial charge >= 0.3 is 0 Å². The molecule has 66 valence electrons. The van der Waals surface area contributed by atoms with Crippen LogP contribution in [0.25, 0.3) is 0 Å². The fraction of sp³-hybridized carbons (Fsp3) is 1.00. The lowest BCUT2D eigenvalue weighted by atomic mass is 9.80. The number of hydrogen-bond donors (Lipinski definition) is 2. The Hall–Kier alpha value is -0.0800. The van der Waals surface area contributed by atoms with Gasteiger partial charge in [0.1, 0.15) is 0 Å². The van der Waals surface area contributed by atoms with E-state index < -0.39 is 0 Å². The van der Waals surface area contributed by atoms with Crippen LogP contribution in [-0.2, 0) is 0 Å². The quantitative estimate of drug-likeness (QED) is 0.630. The number of rotatable bonds is 2. The monoisotopic (exact) mass is 157 g/mol. The van der Waals surface area contributed by atoms with Crippen LogP contribution < -0.4 is 5.32 Å². The standard InChI is InChI=1S/C9H19NO/c1-9(2,3)10-8-4-7(5-8)6-11/h7-8,10-11H,4-6H2,1-3H3. The molecule has 0 heterocycles. The molecule has 0 bridgehead atoms. The predicted octanol–water partition coefficient (Wildman–Crippen LogP) is 1.15. The molecule has 0 saturated heterocycles. The van der Waals surface area contributed by atoms with Crippen molar-refractivity contribution < 1.29 is 5.11 Å². The minimum atomic E-state index is 0.227. The second-order valence-corrected chi connectivity index (χ2v) is 4.61. The van der Waals surface area contributed by atoms with Gasteiger partial charge in [-0.1, -0.05) is 0 Å². The highest BCUT2D eigenvalue weighted by molar-refractivity contribution is 4.88. The summed E-state index contributed by atoms with van der Waals surface area (Å²) in [5, 5.41) is 12.3. The molecular weight excluding hydrogens is 138 g/mol. The van der Waals surface area contributed by atoms with Crippen LogP contribution in [0, 0.1) is 5.92 Å². The summed E-state index contributed by atoms with van der Waals surface area (Å²) in [6.07, 6.45) is 2.29. The molecule has 0 radical (unpaired) electrons.